The molecular formula is C25H30F3N3O7. The molecule has 2 heterocycles. The topological polar surface area (TPSA) is 144 Å². The summed E-state index contributed by atoms with van der Waals surface area (Å²) in [4.78, 5) is 14.3. The summed E-state index contributed by atoms with van der Waals surface area (Å²) in [5.74, 6) is -4.02. The van der Waals surface area contributed by atoms with E-state index in [9.17, 15) is 38.4 Å². The van der Waals surface area contributed by atoms with Crippen LogP contribution in [0.2, 0.25) is 0 Å². The number of benzene rings is 2. The van der Waals surface area contributed by atoms with Crippen molar-refractivity contribution in [1.29, 1.82) is 0 Å². The Morgan fingerprint density at radius 2 is 1.87 bits per heavy atom. The van der Waals surface area contributed by atoms with Crippen LogP contribution in [0, 0.1) is 24.4 Å². The first-order chi connectivity index (χ1) is 18.0. The molecule has 0 radical (unpaired) electrons. The number of halogens is 3. The molecule has 0 aromatic heterocycles. The number of methoxy groups -OCH3 is 1. The monoisotopic (exact) mass is 541 g/mol. The SMILES string of the molecule is CO[C@@H]1O[C@H](CO)[C@@H](O)[C@H](O)C1NCC1(O)CN(C(=O)c2ccc(F)c(F)c2Nc2ccc(C)cc2F)C1. The van der Waals surface area contributed by atoms with Crippen LogP contribution < -0.4 is 10.6 Å². The number of carbonyl (C=O) groups excluding carboxylic acids is 1. The van der Waals surface area contributed by atoms with Crippen LogP contribution in [0.1, 0.15) is 15.9 Å². The molecule has 5 atom stereocenters. The van der Waals surface area contributed by atoms with E-state index < -0.39 is 71.9 Å². The Labute approximate surface area is 216 Å². The number of carbonyl (C=O) groups is 1. The third kappa shape index (κ3) is 5.50. The van der Waals surface area contributed by atoms with Crippen molar-refractivity contribution >= 4 is 17.3 Å². The van der Waals surface area contributed by atoms with E-state index in [2.05, 4.69) is 10.6 Å². The Morgan fingerprint density at radius 3 is 2.50 bits per heavy atom. The Bertz CT molecular complexity index is 1180. The summed E-state index contributed by atoms with van der Waals surface area (Å²) in [7, 11) is 1.31. The third-order valence-electron chi connectivity index (χ3n) is 6.75. The van der Waals surface area contributed by atoms with E-state index in [4.69, 9.17) is 9.47 Å². The Balaban J connectivity index is 1.44. The predicted octanol–water partition coefficient (Wildman–Crippen LogP) is 0.386. The number of aliphatic hydroxyl groups is 4. The quantitative estimate of drug-likeness (QED) is 0.280. The zero-order valence-electron chi connectivity index (χ0n) is 20.7. The van der Waals surface area contributed by atoms with Gasteiger partial charge in [0.05, 0.1) is 42.7 Å². The number of nitrogens with one attached hydrogen (secondary N) is 2. The van der Waals surface area contributed by atoms with Crippen LogP contribution in [0.25, 0.3) is 0 Å². The number of aliphatic hydroxyl groups excluding tert-OH is 3. The molecule has 2 fully saturated rings. The van der Waals surface area contributed by atoms with Gasteiger partial charge in [0.25, 0.3) is 5.91 Å². The van der Waals surface area contributed by atoms with E-state index in [0.29, 0.717) is 5.56 Å². The van der Waals surface area contributed by atoms with Gasteiger partial charge in [0.2, 0.25) is 0 Å². The Kier molecular flexibility index (Phi) is 8.28. The lowest BCUT2D eigenvalue weighted by atomic mass is 9.91. The van der Waals surface area contributed by atoms with Crippen molar-refractivity contribution in [3.8, 4) is 0 Å². The molecule has 38 heavy (non-hydrogen) atoms. The van der Waals surface area contributed by atoms with Gasteiger partial charge in [-0.25, -0.2) is 13.2 Å². The minimum absolute atomic E-state index is 0.143. The molecule has 10 nitrogen and oxygen atoms in total. The van der Waals surface area contributed by atoms with E-state index in [1.165, 1.54) is 24.1 Å². The van der Waals surface area contributed by atoms with Crippen LogP contribution in [0.4, 0.5) is 24.5 Å². The second-order valence-corrected chi connectivity index (χ2v) is 9.63. The minimum atomic E-state index is -1.46. The van der Waals surface area contributed by atoms with Crippen LogP contribution in [0.3, 0.4) is 0 Å². The number of β-amino-alcohol motifs (C(OH)–C–C–N with tert-alkyl or cyclic N) is 1. The van der Waals surface area contributed by atoms with Gasteiger partial charge in [-0.3, -0.25) is 4.79 Å². The van der Waals surface area contributed by atoms with Crippen molar-refractivity contribution in [3.05, 3.63) is 58.9 Å². The fourth-order valence-electron chi connectivity index (χ4n) is 4.61. The number of anilines is 2. The summed E-state index contributed by atoms with van der Waals surface area (Å²) in [6, 6.07) is 5.01. The lowest BCUT2D eigenvalue weighted by molar-refractivity contribution is -0.264. The first-order valence-corrected chi connectivity index (χ1v) is 11.9. The molecule has 0 bridgehead atoms. The van der Waals surface area contributed by atoms with Gasteiger partial charge in [-0.1, -0.05) is 6.07 Å². The summed E-state index contributed by atoms with van der Waals surface area (Å²) in [5.41, 5.74) is -1.78. The molecule has 208 valence electrons. The molecule has 6 N–H and O–H groups in total. The number of amides is 1. The van der Waals surface area contributed by atoms with Gasteiger partial charge in [-0.2, -0.15) is 0 Å². The number of aryl methyl sites for hydroxylation is 1. The largest absolute Gasteiger partial charge is 0.394 e. The smallest absolute Gasteiger partial charge is 0.256 e. The van der Waals surface area contributed by atoms with Crippen molar-refractivity contribution in [3.63, 3.8) is 0 Å². The number of likely N-dealkylation sites (tertiary alicyclic amines) is 1. The molecule has 0 aliphatic carbocycles. The van der Waals surface area contributed by atoms with Crippen molar-refractivity contribution in [1.82, 2.24) is 10.2 Å². The van der Waals surface area contributed by atoms with Gasteiger partial charge >= 0.3 is 0 Å². The zero-order chi connectivity index (χ0) is 27.8. The maximum atomic E-state index is 14.7. The summed E-state index contributed by atoms with van der Waals surface area (Å²) < 4.78 is 53.6. The number of ether oxygens (including phenoxy) is 2. The van der Waals surface area contributed by atoms with Crippen LogP contribution in [-0.4, -0.2) is 101 Å². The van der Waals surface area contributed by atoms with Gasteiger partial charge in [0.1, 0.15) is 29.7 Å². The highest BCUT2D eigenvalue weighted by Crippen LogP contribution is 2.32. The molecular weight excluding hydrogens is 511 g/mol. The van der Waals surface area contributed by atoms with Crippen LogP contribution in [0.5, 0.6) is 0 Å². The summed E-state index contributed by atoms with van der Waals surface area (Å²) in [6.45, 7) is 0.591. The second-order valence-electron chi connectivity index (χ2n) is 9.63. The maximum Gasteiger partial charge on any atom is 0.256 e. The lowest BCUT2D eigenvalue weighted by Gasteiger charge is -2.48. The first-order valence-electron chi connectivity index (χ1n) is 11.9. The lowest BCUT2D eigenvalue weighted by Crippen LogP contribution is -2.70. The molecule has 0 spiro atoms. The normalized spacial score (nSPS) is 26.7. The summed E-state index contributed by atoms with van der Waals surface area (Å²) in [5, 5.41) is 46.1. The Hall–Kier alpha value is -2.78. The van der Waals surface area contributed by atoms with E-state index in [-0.39, 0.29) is 30.9 Å². The summed E-state index contributed by atoms with van der Waals surface area (Å²) in [6.07, 6.45) is -4.88. The van der Waals surface area contributed by atoms with E-state index in [1.54, 1.807) is 13.0 Å². The molecule has 1 amide bonds. The number of nitrogens with zero attached hydrogens (tertiary/aromatic N) is 1. The fraction of sp³-hybridized carbons (Fsp3) is 0.480. The number of hydrogen-bond donors (Lipinski definition) is 6. The molecule has 0 saturated carbocycles. The van der Waals surface area contributed by atoms with Crippen LogP contribution in [0.15, 0.2) is 30.3 Å². The number of rotatable bonds is 8. The van der Waals surface area contributed by atoms with Gasteiger partial charge in [0.15, 0.2) is 17.9 Å². The maximum absolute atomic E-state index is 14.7. The highest BCUT2D eigenvalue weighted by atomic mass is 19.2. The molecule has 4 rings (SSSR count). The van der Waals surface area contributed by atoms with Gasteiger partial charge in [-0.15, -0.1) is 0 Å². The summed E-state index contributed by atoms with van der Waals surface area (Å²) >= 11 is 0. The van der Waals surface area contributed by atoms with Crippen molar-refractivity contribution in [2.24, 2.45) is 0 Å². The molecule has 1 unspecified atom stereocenters. The average molecular weight is 542 g/mol. The first kappa shape index (κ1) is 28.2. The van der Waals surface area contributed by atoms with E-state index in [1.807, 2.05) is 0 Å². The second kappa shape index (κ2) is 11.1. The molecule has 2 aromatic rings. The molecule has 2 aromatic carbocycles. The van der Waals surface area contributed by atoms with Crippen molar-refractivity contribution < 1.29 is 47.9 Å². The van der Waals surface area contributed by atoms with Crippen LogP contribution in [-0.2, 0) is 9.47 Å². The molecule has 13 heteroatoms. The van der Waals surface area contributed by atoms with Crippen molar-refractivity contribution in [2.75, 3.05) is 38.7 Å². The van der Waals surface area contributed by atoms with Gasteiger partial charge in [0, 0.05) is 13.7 Å². The van der Waals surface area contributed by atoms with Gasteiger partial charge < -0.3 is 45.4 Å². The zero-order valence-corrected chi connectivity index (χ0v) is 20.7. The highest BCUT2D eigenvalue weighted by Gasteiger charge is 2.48. The predicted molar refractivity (Wildman–Crippen MR) is 128 cm³/mol. The minimum Gasteiger partial charge on any atom is -0.394 e. The average Bonchev–Trinajstić information content (AvgIpc) is 2.87. The Morgan fingerprint density at radius 1 is 1.16 bits per heavy atom. The number of hydrogen-bond acceptors (Lipinski definition) is 9. The molecule has 2 aliphatic heterocycles. The standard InChI is InChI=1S/C25H30F3N3O7/c1-12-3-6-16(15(27)7-12)30-19-13(4-5-14(26)18(19)28)23(35)31-10-25(36,11-31)9-29-20-22(34)21(33)17(8-32)38-24(20)37-2/h3-7,17,20-22,24,29-30,32-34,36H,8-11H2,1-2H3/t17-,20?,21-,22-,24-/m1/s1. The van der Waals surface area contributed by atoms with E-state index in [0.717, 1.165) is 12.1 Å². The third-order valence-corrected chi connectivity index (χ3v) is 6.75. The highest BCUT2D eigenvalue weighted by molar-refractivity contribution is 6.01. The van der Waals surface area contributed by atoms with Crippen molar-refractivity contribution in [2.45, 2.75) is 43.2 Å². The molecule has 2 aliphatic rings. The van der Waals surface area contributed by atoms with Crippen LogP contribution >= 0.6 is 0 Å². The fourth-order valence-corrected chi connectivity index (χ4v) is 4.61. The van der Waals surface area contributed by atoms with E-state index >= 15 is 0 Å². The molecule has 2 saturated heterocycles. The van der Waals surface area contributed by atoms with Gasteiger partial charge in [-0.05, 0) is 36.8 Å².